The molecule has 0 aliphatic heterocycles. The first-order valence-electron chi connectivity index (χ1n) is 4.41. The minimum Gasteiger partial charge on any atom is -0.492 e. The highest BCUT2D eigenvalue weighted by atomic mass is 19.4. The maximum Gasteiger partial charge on any atom is 0.416 e. The van der Waals surface area contributed by atoms with Crippen LogP contribution in [0.4, 0.5) is 18.9 Å². The third-order valence-electron chi connectivity index (χ3n) is 1.75. The minimum atomic E-state index is -4.47. The third kappa shape index (κ3) is 2.84. The zero-order chi connectivity index (χ0) is 12.2. The Labute approximate surface area is 89.6 Å². The second-order valence-electron chi connectivity index (χ2n) is 2.82. The maximum absolute atomic E-state index is 12.3. The standard InChI is InChI=1S/C10H8F3NO2/c1-2-16-9-4-3-7(10(11,12)13)5-8(9)14-6-15/h3-5H,2H2,1H3. The molecule has 1 aromatic carbocycles. The van der Waals surface area contributed by atoms with Gasteiger partial charge in [0, 0.05) is 0 Å². The van der Waals surface area contributed by atoms with Crippen LogP contribution >= 0.6 is 0 Å². The maximum atomic E-state index is 12.3. The highest BCUT2D eigenvalue weighted by Gasteiger charge is 2.31. The van der Waals surface area contributed by atoms with Crippen LogP contribution in [0.15, 0.2) is 23.2 Å². The van der Waals surface area contributed by atoms with Gasteiger partial charge in [-0.2, -0.15) is 18.2 Å². The number of benzene rings is 1. The van der Waals surface area contributed by atoms with Crippen LogP contribution in [0.2, 0.25) is 0 Å². The van der Waals surface area contributed by atoms with Gasteiger partial charge < -0.3 is 4.74 Å². The number of aliphatic imine (C=N–C) groups is 1. The first-order valence-corrected chi connectivity index (χ1v) is 4.41. The molecule has 0 aliphatic carbocycles. The fourth-order valence-corrected chi connectivity index (χ4v) is 1.11. The van der Waals surface area contributed by atoms with Crippen LogP contribution in [0.5, 0.6) is 5.75 Å². The molecule has 16 heavy (non-hydrogen) atoms. The highest BCUT2D eigenvalue weighted by molar-refractivity contribution is 5.59. The number of carbonyl (C=O) groups excluding carboxylic acids is 1. The summed E-state index contributed by atoms with van der Waals surface area (Å²) in [5, 5.41) is 0. The minimum absolute atomic E-state index is 0.124. The summed E-state index contributed by atoms with van der Waals surface area (Å²) in [6, 6.07) is 2.74. The van der Waals surface area contributed by atoms with Crippen molar-refractivity contribution in [3.8, 4) is 5.75 Å². The fourth-order valence-electron chi connectivity index (χ4n) is 1.11. The van der Waals surface area contributed by atoms with Crippen LogP contribution in [-0.4, -0.2) is 12.7 Å². The van der Waals surface area contributed by atoms with Gasteiger partial charge in [0.1, 0.15) is 11.4 Å². The van der Waals surface area contributed by atoms with E-state index in [1.807, 2.05) is 0 Å². The van der Waals surface area contributed by atoms with Crippen LogP contribution < -0.4 is 4.74 Å². The molecule has 0 saturated carbocycles. The van der Waals surface area contributed by atoms with Gasteiger partial charge in [0.2, 0.25) is 6.08 Å². The smallest absolute Gasteiger partial charge is 0.416 e. The second-order valence-corrected chi connectivity index (χ2v) is 2.82. The van der Waals surface area contributed by atoms with E-state index in [9.17, 15) is 18.0 Å². The largest absolute Gasteiger partial charge is 0.492 e. The molecule has 0 unspecified atom stereocenters. The number of hydrogen-bond acceptors (Lipinski definition) is 3. The Morgan fingerprint density at radius 1 is 1.44 bits per heavy atom. The summed E-state index contributed by atoms with van der Waals surface area (Å²) in [5.41, 5.74) is -1.06. The summed E-state index contributed by atoms with van der Waals surface area (Å²) in [6.45, 7) is 1.94. The fraction of sp³-hybridized carbons (Fsp3) is 0.300. The van der Waals surface area contributed by atoms with Gasteiger partial charge in [-0.1, -0.05) is 0 Å². The predicted octanol–water partition coefficient (Wildman–Crippen LogP) is 3.07. The summed E-state index contributed by atoms with van der Waals surface area (Å²) >= 11 is 0. The van der Waals surface area contributed by atoms with Crippen LogP contribution in [0.25, 0.3) is 0 Å². The van der Waals surface area contributed by atoms with Crippen molar-refractivity contribution >= 4 is 11.8 Å². The molecule has 0 heterocycles. The predicted molar refractivity (Wildman–Crippen MR) is 50.4 cm³/mol. The summed E-state index contributed by atoms with van der Waals surface area (Å²) in [4.78, 5) is 13.2. The van der Waals surface area contributed by atoms with Crippen molar-refractivity contribution in [3.05, 3.63) is 23.8 Å². The van der Waals surface area contributed by atoms with Gasteiger partial charge in [-0.3, -0.25) is 0 Å². The molecule has 86 valence electrons. The van der Waals surface area contributed by atoms with Crippen molar-refractivity contribution in [2.75, 3.05) is 6.61 Å². The van der Waals surface area contributed by atoms with Gasteiger partial charge in [-0.25, -0.2) is 4.79 Å². The van der Waals surface area contributed by atoms with E-state index >= 15 is 0 Å². The van der Waals surface area contributed by atoms with Crippen LogP contribution in [0, 0.1) is 0 Å². The van der Waals surface area contributed by atoms with Crippen LogP contribution in [0.3, 0.4) is 0 Å². The van der Waals surface area contributed by atoms with E-state index in [1.165, 1.54) is 6.08 Å². The lowest BCUT2D eigenvalue weighted by molar-refractivity contribution is -0.137. The Balaban J connectivity index is 3.22. The lowest BCUT2D eigenvalue weighted by Crippen LogP contribution is -2.04. The zero-order valence-electron chi connectivity index (χ0n) is 8.34. The molecule has 0 aromatic heterocycles. The zero-order valence-corrected chi connectivity index (χ0v) is 8.34. The number of nitrogens with zero attached hydrogens (tertiary/aromatic N) is 1. The molecular weight excluding hydrogens is 223 g/mol. The average molecular weight is 231 g/mol. The molecule has 0 fully saturated rings. The Bertz CT molecular complexity index is 423. The Hall–Kier alpha value is -1.81. The summed E-state index contributed by atoms with van der Waals surface area (Å²) in [6.07, 6.45) is -3.29. The number of alkyl halides is 3. The SMILES string of the molecule is CCOc1ccc(C(F)(F)F)cc1N=C=O. The van der Waals surface area contributed by atoms with Crippen molar-refractivity contribution in [3.63, 3.8) is 0 Å². The van der Waals surface area contributed by atoms with Gasteiger partial charge >= 0.3 is 6.18 Å². The van der Waals surface area contributed by atoms with Gasteiger partial charge in [-0.15, -0.1) is 0 Å². The first-order chi connectivity index (χ1) is 7.49. The van der Waals surface area contributed by atoms with Crippen molar-refractivity contribution in [2.24, 2.45) is 4.99 Å². The molecule has 0 radical (unpaired) electrons. The monoisotopic (exact) mass is 231 g/mol. The lowest BCUT2D eigenvalue weighted by Gasteiger charge is -2.10. The number of isocyanates is 1. The summed E-state index contributed by atoms with van der Waals surface area (Å²) in [5.74, 6) is 0.124. The van der Waals surface area contributed by atoms with Crippen molar-refractivity contribution in [1.29, 1.82) is 0 Å². The number of rotatable bonds is 3. The van der Waals surface area contributed by atoms with Crippen molar-refractivity contribution < 1.29 is 22.7 Å². The Kier molecular flexibility index (Phi) is 3.68. The van der Waals surface area contributed by atoms with Gasteiger partial charge in [-0.05, 0) is 25.1 Å². The van der Waals surface area contributed by atoms with Gasteiger partial charge in [0.25, 0.3) is 0 Å². The van der Waals surface area contributed by atoms with E-state index in [-0.39, 0.29) is 18.0 Å². The van der Waals surface area contributed by atoms with Crippen LogP contribution in [0.1, 0.15) is 12.5 Å². The number of hydrogen-bond donors (Lipinski definition) is 0. The molecule has 3 nitrogen and oxygen atoms in total. The molecule has 1 aromatic rings. The Morgan fingerprint density at radius 2 is 2.12 bits per heavy atom. The molecule has 0 spiro atoms. The number of ether oxygens (including phenoxy) is 1. The number of halogens is 3. The average Bonchev–Trinajstić information content (AvgIpc) is 2.19. The topological polar surface area (TPSA) is 38.7 Å². The molecule has 0 amide bonds. The lowest BCUT2D eigenvalue weighted by atomic mass is 10.2. The van der Waals surface area contributed by atoms with E-state index in [0.717, 1.165) is 18.2 Å². The van der Waals surface area contributed by atoms with E-state index in [0.29, 0.717) is 0 Å². The van der Waals surface area contributed by atoms with E-state index in [2.05, 4.69) is 4.99 Å². The van der Waals surface area contributed by atoms with Crippen LogP contribution in [-0.2, 0) is 11.0 Å². The van der Waals surface area contributed by atoms with E-state index in [1.54, 1.807) is 6.92 Å². The molecule has 0 bridgehead atoms. The van der Waals surface area contributed by atoms with Crippen molar-refractivity contribution in [2.45, 2.75) is 13.1 Å². The van der Waals surface area contributed by atoms with E-state index in [4.69, 9.17) is 4.74 Å². The quantitative estimate of drug-likeness (QED) is 0.592. The first kappa shape index (κ1) is 12.3. The molecular formula is C10H8F3NO2. The molecule has 1 rings (SSSR count). The Morgan fingerprint density at radius 3 is 2.62 bits per heavy atom. The molecule has 6 heteroatoms. The highest BCUT2D eigenvalue weighted by Crippen LogP contribution is 2.36. The molecule has 0 N–H and O–H groups in total. The third-order valence-corrected chi connectivity index (χ3v) is 1.75. The normalized spacial score (nSPS) is 10.8. The van der Waals surface area contributed by atoms with Gasteiger partial charge in [0.05, 0.1) is 12.2 Å². The molecule has 0 aliphatic rings. The summed E-state index contributed by atoms with van der Waals surface area (Å²) in [7, 11) is 0. The molecule has 0 saturated heterocycles. The summed E-state index contributed by atoms with van der Waals surface area (Å²) < 4.78 is 42.1. The molecule has 0 atom stereocenters. The second kappa shape index (κ2) is 4.81. The van der Waals surface area contributed by atoms with E-state index < -0.39 is 11.7 Å². The van der Waals surface area contributed by atoms with Gasteiger partial charge in [0.15, 0.2) is 0 Å². The van der Waals surface area contributed by atoms with Crippen molar-refractivity contribution in [1.82, 2.24) is 0 Å².